The third-order valence-corrected chi connectivity index (χ3v) is 3.76. The molecule has 2 heterocycles. The molecule has 3 N–H and O–H groups in total. The summed E-state index contributed by atoms with van der Waals surface area (Å²) < 4.78 is 0. The van der Waals surface area contributed by atoms with Crippen LogP contribution in [0.3, 0.4) is 0 Å². The van der Waals surface area contributed by atoms with Crippen molar-refractivity contribution in [1.29, 1.82) is 0 Å². The molecule has 1 aliphatic rings. The number of aromatic amines is 1. The number of carboxylic acid groups (broad SMARTS) is 1. The Bertz CT molecular complexity index is 498. The van der Waals surface area contributed by atoms with Gasteiger partial charge in [-0.2, -0.15) is 0 Å². The van der Waals surface area contributed by atoms with Crippen molar-refractivity contribution in [3.05, 3.63) is 18.2 Å². The van der Waals surface area contributed by atoms with Gasteiger partial charge in [0.25, 0.3) is 0 Å². The molecular weight excluding hydrogens is 272 g/mol. The highest BCUT2D eigenvalue weighted by Crippen LogP contribution is 2.28. The third kappa shape index (κ3) is 4.21. The lowest BCUT2D eigenvalue weighted by Crippen LogP contribution is -2.52. The summed E-state index contributed by atoms with van der Waals surface area (Å²) in [4.78, 5) is 32.0. The molecule has 1 aromatic heterocycles. The Morgan fingerprint density at radius 1 is 1.57 bits per heavy atom. The molecule has 21 heavy (non-hydrogen) atoms. The molecule has 7 nitrogen and oxygen atoms in total. The molecule has 1 fully saturated rings. The van der Waals surface area contributed by atoms with Gasteiger partial charge in [0.15, 0.2) is 0 Å². The van der Waals surface area contributed by atoms with E-state index < -0.39 is 12.0 Å². The van der Waals surface area contributed by atoms with E-state index in [4.69, 9.17) is 0 Å². The second kappa shape index (κ2) is 6.15. The zero-order valence-corrected chi connectivity index (χ0v) is 12.4. The smallest absolute Gasteiger partial charge is 0.326 e. The van der Waals surface area contributed by atoms with Crippen LogP contribution in [0.1, 0.15) is 32.4 Å². The van der Waals surface area contributed by atoms with Crippen LogP contribution in [0.15, 0.2) is 12.5 Å². The molecule has 1 aliphatic heterocycles. The van der Waals surface area contributed by atoms with Gasteiger partial charge in [-0.25, -0.2) is 14.6 Å². The number of aromatic nitrogens is 2. The standard InChI is InChI=1S/C14H22N4O3/c1-14(2)4-3-5-18(8-14)13(21)17-11(12(19)20)6-10-7-15-9-16-10/h7,9,11H,3-6,8H2,1-2H3,(H,15,16)(H,17,21)(H,19,20). The number of nitrogens with zero attached hydrogens (tertiary/aromatic N) is 2. The van der Waals surface area contributed by atoms with Crippen LogP contribution in [0.2, 0.25) is 0 Å². The van der Waals surface area contributed by atoms with Gasteiger partial charge in [0.2, 0.25) is 0 Å². The lowest BCUT2D eigenvalue weighted by atomic mass is 9.84. The van der Waals surface area contributed by atoms with Gasteiger partial charge in [-0.1, -0.05) is 13.8 Å². The fourth-order valence-corrected chi connectivity index (χ4v) is 2.65. The number of hydrogen-bond acceptors (Lipinski definition) is 3. The molecule has 2 amide bonds. The van der Waals surface area contributed by atoms with Crippen LogP contribution in [0.25, 0.3) is 0 Å². The molecule has 1 aromatic rings. The van der Waals surface area contributed by atoms with E-state index in [1.165, 1.54) is 6.33 Å². The maximum Gasteiger partial charge on any atom is 0.326 e. The van der Waals surface area contributed by atoms with E-state index in [2.05, 4.69) is 29.1 Å². The van der Waals surface area contributed by atoms with E-state index >= 15 is 0 Å². The van der Waals surface area contributed by atoms with E-state index in [1.54, 1.807) is 11.1 Å². The highest BCUT2D eigenvalue weighted by Gasteiger charge is 2.31. The van der Waals surface area contributed by atoms with Crippen molar-refractivity contribution in [2.24, 2.45) is 5.41 Å². The number of hydrogen-bond donors (Lipinski definition) is 3. The number of piperidine rings is 1. The molecule has 1 saturated heterocycles. The Morgan fingerprint density at radius 3 is 2.90 bits per heavy atom. The first-order valence-electron chi connectivity index (χ1n) is 7.13. The van der Waals surface area contributed by atoms with Crippen LogP contribution in [0.5, 0.6) is 0 Å². The van der Waals surface area contributed by atoms with Gasteiger partial charge in [0.1, 0.15) is 6.04 Å². The Kier molecular flexibility index (Phi) is 4.50. The second-order valence-electron chi connectivity index (χ2n) is 6.31. The van der Waals surface area contributed by atoms with Crippen LogP contribution in [-0.4, -0.2) is 51.1 Å². The number of rotatable bonds is 4. The fraction of sp³-hybridized carbons (Fsp3) is 0.643. The van der Waals surface area contributed by atoms with Gasteiger partial charge in [0.05, 0.1) is 6.33 Å². The maximum atomic E-state index is 12.3. The van der Waals surface area contributed by atoms with E-state index in [0.717, 1.165) is 12.8 Å². The molecule has 0 aromatic carbocycles. The van der Waals surface area contributed by atoms with Gasteiger partial charge >= 0.3 is 12.0 Å². The lowest BCUT2D eigenvalue weighted by molar-refractivity contribution is -0.139. The van der Waals surface area contributed by atoms with E-state index in [-0.39, 0.29) is 17.9 Å². The molecule has 0 spiro atoms. The lowest BCUT2D eigenvalue weighted by Gasteiger charge is -2.38. The third-order valence-electron chi connectivity index (χ3n) is 3.76. The summed E-state index contributed by atoms with van der Waals surface area (Å²) in [6, 6.07) is -1.27. The van der Waals surface area contributed by atoms with Crippen molar-refractivity contribution in [3.8, 4) is 0 Å². The quantitative estimate of drug-likeness (QED) is 0.778. The number of carbonyl (C=O) groups excluding carboxylic acids is 1. The molecule has 0 aliphatic carbocycles. The van der Waals surface area contributed by atoms with Crippen LogP contribution in [0.4, 0.5) is 4.79 Å². The molecule has 7 heteroatoms. The first-order chi connectivity index (χ1) is 9.87. The average Bonchev–Trinajstić information content (AvgIpc) is 2.89. The van der Waals surface area contributed by atoms with E-state index in [0.29, 0.717) is 18.8 Å². The summed E-state index contributed by atoms with van der Waals surface area (Å²) in [6.07, 6.45) is 5.26. The van der Waals surface area contributed by atoms with E-state index in [1.807, 2.05) is 0 Å². The molecule has 116 valence electrons. The first kappa shape index (κ1) is 15.3. The fourth-order valence-electron chi connectivity index (χ4n) is 2.65. The largest absolute Gasteiger partial charge is 0.480 e. The molecule has 1 atom stereocenters. The number of carboxylic acids is 1. The van der Waals surface area contributed by atoms with Crippen molar-refractivity contribution >= 4 is 12.0 Å². The van der Waals surface area contributed by atoms with Crippen LogP contribution in [0, 0.1) is 5.41 Å². The number of nitrogens with one attached hydrogen (secondary N) is 2. The van der Waals surface area contributed by atoms with Crippen molar-refractivity contribution in [2.75, 3.05) is 13.1 Å². The number of likely N-dealkylation sites (tertiary alicyclic amines) is 1. The second-order valence-corrected chi connectivity index (χ2v) is 6.31. The van der Waals surface area contributed by atoms with Gasteiger partial charge in [-0.05, 0) is 18.3 Å². The van der Waals surface area contributed by atoms with Gasteiger partial charge in [-0.15, -0.1) is 0 Å². The summed E-state index contributed by atoms with van der Waals surface area (Å²) in [5, 5.41) is 11.9. The van der Waals surface area contributed by atoms with Crippen molar-refractivity contribution < 1.29 is 14.7 Å². The minimum atomic E-state index is -1.05. The number of imidazole rings is 1. The summed E-state index contributed by atoms with van der Waals surface area (Å²) in [6.45, 7) is 5.55. The molecule has 1 unspecified atom stereocenters. The summed E-state index contributed by atoms with van der Waals surface area (Å²) in [5.41, 5.74) is 0.763. The summed E-state index contributed by atoms with van der Waals surface area (Å²) in [7, 11) is 0. The van der Waals surface area contributed by atoms with Gasteiger partial charge in [-0.3, -0.25) is 0 Å². The predicted molar refractivity (Wildman–Crippen MR) is 76.8 cm³/mol. The molecule has 0 bridgehead atoms. The normalized spacial score (nSPS) is 19.0. The Labute approximate surface area is 123 Å². The molecule has 0 saturated carbocycles. The molecule has 0 radical (unpaired) electrons. The predicted octanol–water partition coefficient (Wildman–Crippen LogP) is 1.24. The van der Waals surface area contributed by atoms with Crippen LogP contribution < -0.4 is 5.32 Å². The molecular formula is C14H22N4O3. The first-order valence-corrected chi connectivity index (χ1v) is 7.13. The Balaban J connectivity index is 1.96. The zero-order valence-electron chi connectivity index (χ0n) is 12.4. The van der Waals surface area contributed by atoms with Crippen molar-refractivity contribution in [3.63, 3.8) is 0 Å². The van der Waals surface area contributed by atoms with E-state index in [9.17, 15) is 14.7 Å². The Morgan fingerprint density at radius 2 is 2.33 bits per heavy atom. The average molecular weight is 294 g/mol. The monoisotopic (exact) mass is 294 g/mol. The van der Waals surface area contributed by atoms with Crippen LogP contribution in [-0.2, 0) is 11.2 Å². The SMILES string of the molecule is CC1(C)CCCN(C(=O)NC(Cc2cnc[nH]2)C(=O)O)C1. The number of H-pyrrole nitrogens is 1. The minimum Gasteiger partial charge on any atom is -0.480 e. The maximum absolute atomic E-state index is 12.3. The minimum absolute atomic E-state index is 0.0810. The van der Waals surface area contributed by atoms with Crippen molar-refractivity contribution in [2.45, 2.75) is 39.2 Å². The summed E-state index contributed by atoms with van der Waals surface area (Å²) >= 11 is 0. The highest BCUT2D eigenvalue weighted by atomic mass is 16.4. The number of aliphatic carboxylic acids is 1. The van der Waals surface area contributed by atoms with Gasteiger partial charge < -0.3 is 20.3 Å². The number of urea groups is 1. The Hall–Kier alpha value is -2.05. The number of carbonyl (C=O) groups is 2. The van der Waals surface area contributed by atoms with Gasteiger partial charge in [0, 0.05) is 31.4 Å². The summed E-state index contributed by atoms with van der Waals surface area (Å²) in [5.74, 6) is -1.05. The molecule has 2 rings (SSSR count). The van der Waals surface area contributed by atoms with Crippen molar-refractivity contribution in [1.82, 2.24) is 20.2 Å². The zero-order chi connectivity index (χ0) is 15.5. The highest BCUT2D eigenvalue weighted by molar-refractivity contribution is 5.82. The number of amides is 2. The van der Waals surface area contributed by atoms with Crippen LogP contribution >= 0.6 is 0 Å². The topological polar surface area (TPSA) is 98.3 Å².